The van der Waals surface area contributed by atoms with Crippen molar-refractivity contribution in [2.45, 2.75) is 46.7 Å². The molecule has 1 unspecified atom stereocenters. The van der Waals surface area contributed by atoms with Crippen LogP contribution in [0.25, 0.3) is 0 Å². The summed E-state index contributed by atoms with van der Waals surface area (Å²) in [5.74, 6) is 0.367. The van der Waals surface area contributed by atoms with E-state index in [2.05, 4.69) is 10.6 Å². The Hall–Kier alpha value is -1.55. The monoisotopic (exact) mass is 264 g/mol. The van der Waals surface area contributed by atoms with Crippen LogP contribution in [0.15, 0.2) is 12.1 Å². The van der Waals surface area contributed by atoms with E-state index in [1.807, 2.05) is 39.8 Å². The van der Waals surface area contributed by atoms with E-state index in [1.165, 1.54) is 0 Å². The molecule has 0 bridgehead atoms. The number of amides is 1. The second-order valence-electron chi connectivity index (χ2n) is 4.97. The molecule has 0 aliphatic rings. The summed E-state index contributed by atoms with van der Waals surface area (Å²) in [7, 11) is 0. The van der Waals surface area contributed by atoms with Gasteiger partial charge in [-0.3, -0.25) is 4.79 Å². The maximum absolute atomic E-state index is 11.7. The minimum absolute atomic E-state index is 0.0223. The van der Waals surface area contributed by atoms with Crippen molar-refractivity contribution in [1.29, 1.82) is 0 Å². The van der Waals surface area contributed by atoms with E-state index in [0.29, 0.717) is 18.8 Å². The van der Waals surface area contributed by atoms with Crippen molar-refractivity contribution in [3.8, 4) is 5.75 Å². The van der Waals surface area contributed by atoms with E-state index in [9.17, 15) is 9.90 Å². The van der Waals surface area contributed by atoms with Crippen molar-refractivity contribution in [1.82, 2.24) is 10.6 Å². The molecule has 19 heavy (non-hydrogen) atoms. The Morgan fingerprint density at radius 2 is 1.89 bits per heavy atom. The van der Waals surface area contributed by atoms with E-state index in [0.717, 1.165) is 23.1 Å². The van der Waals surface area contributed by atoms with Gasteiger partial charge in [-0.1, -0.05) is 19.1 Å². The van der Waals surface area contributed by atoms with Crippen LogP contribution in [0.3, 0.4) is 0 Å². The summed E-state index contributed by atoms with van der Waals surface area (Å²) in [6.07, 6.45) is 0.939. The summed E-state index contributed by atoms with van der Waals surface area (Å²) >= 11 is 0. The van der Waals surface area contributed by atoms with E-state index in [4.69, 9.17) is 0 Å². The molecule has 0 fully saturated rings. The van der Waals surface area contributed by atoms with Crippen molar-refractivity contribution in [2.24, 2.45) is 0 Å². The van der Waals surface area contributed by atoms with Crippen molar-refractivity contribution >= 4 is 5.91 Å². The Balaban J connectivity index is 2.55. The molecule has 4 nitrogen and oxygen atoms in total. The number of aryl methyl sites for hydroxylation is 2. The Labute approximate surface area is 115 Å². The summed E-state index contributed by atoms with van der Waals surface area (Å²) in [5.41, 5.74) is 2.79. The van der Waals surface area contributed by atoms with Crippen molar-refractivity contribution in [3.63, 3.8) is 0 Å². The van der Waals surface area contributed by atoms with Gasteiger partial charge in [0.05, 0.1) is 6.04 Å². The number of carbonyl (C=O) groups is 1. The zero-order valence-electron chi connectivity index (χ0n) is 12.2. The highest BCUT2D eigenvalue weighted by molar-refractivity contribution is 5.81. The standard InChI is InChI=1S/C15H24N2O2/c1-5-6-16-15(19)12(4)17-9-13-7-10(2)14(18)11(3)8-13/h7-8,12,17-18H,5-6,9H2,1-4H3,(H,16,19). The van der Waals surface area contributed by atoms with E-state index < -0.39 is 0 Å². The largest absolute Gasteiger partial charge is 0.507 e. The molecule has 1 atom stereocenters. The zero-order chi connectivity index (χ0) is 14.4. The first kappa shape index (κ1) is 15.5. The lowest BCUT2D eigenvalue weighted by Gasteiger charge is -2.15. The van der Waals surface area contributed by atoms with Gasteiger partial charge >= 0.3 is 0 Å². The van der Waals surface area contributed by atoms with Gasteiger partial charge in [0.2, 0.25) is 5.91 Å². The maximum atomic E-state index is 11.7. The smallest absolute Gasteiger partial charge is 0.236 e. The number of phenolic OH excluding ortho intramolecular Hbond substituents is 1. The third-order valence-electron chi connectivity index (χ3n) is 3.11. The topological polar surface area (TPSA) is 61.4 Å². The third-order valence-corrected chi connectivity index (χ3v) is 3.11. The van der Waals surface area contributed by atoms with E-state index in [1.54, 1.807) is 0 Å². The predicted molar refractivity (Wildman–Crippen MR) is 77.2 cm³/mol. The van der Waals surface area contributed by atoms with Gasteiger partial charge in [-0.2, -0.15) is 0 Å². The highest BCUT2D eigenvalue weighted by Gasteiger charge is 2.11. The molecule has 0 saturated heterocycles. The molecule has 1 rings (SSSR count). The van der Waals surface area contributed by atoms with Crippen LogP contribution in [0.4, 0.5) is 0 Å². The Kier molecular flexibility index (Phi) is 5.83. The summed E-state index contributed by atoms with van der Waals surface area (Å²) in [6.45, 7) is 8.96. The van der Waals surface area contributed by atoms with Gasteiger partial charge in [-0.15, -0.1) is 0 Å². The fraction of sp³-hybridized carbons (Fsp3) is 0.533. The van der Waals surface area contributed by atoms with Crippen LogP contribution < -0.4 is 10.6 Å². The third kappa shape index (κ3) is 4.56. The Bertz CT molecular complexity index is 421. The fourth-order valence-corrected chi connectivity index (χ4v) is 1.91. The number of carbonyl (C=O) groups excluding carboxylic acids is 1. The van der Waals surface area contributed by atoms with Gasteiger partial charge in [0.25, 0.3) is 0 Å². The van der Waals surface area contributed by atoms with Gasteiger partial charge < -0.3 is 15.7 Å². The average Bonchev–Trinajstić information content (AvgIpc) is 2.39. The van der Waals surface area contributed by atoms with Crippen LogP contribution in [0.1, 0.15) is 37.0 Å². The molecule has 1 amide bonds. The fourth-order valence-electron chi connectivity index (χ4n) is 1.91. The molecular formula is C15H24N2O2. The Morgan fingerprint density at radius 3 is 2.42 bits per heavy atom. The molecule has 0 aromatic heterocycles. The highest BCUT2D eigenvalue weighted by Crippen LogP contribution is 2.22. The molecule has 4 heteroatoms. The van der Waals surface area contributed by atoms with Gasteiger partial charge in [-0.05, 0) is 43.9 Å². The molecule has 0 heterocycles. The summed E-state index contributed by atoms with van der Waals surface area (Å²) in [4.78, 5) is 11.7. The number of aromatic hydroxyl groups is 1. The van der Waals surface area contributed by atoms with Gasteiger partial charge in [0.1, 0.15) is 5.75 Å². The average molecular weight is 264 g/mol. The van der Waals surface area contributed by atoms with Crippen LogP contribution in [-0.4, -0.2) is 23.6 Å². The summed E-state index contributed by atoms with van der Waals surface area (Å²) in [5, 5.41) is 15.8. The first-order chi connectivity index (χ1) is 8.95. The minimum Gasteiger partial charge on any atom is -0.507 e. The number of hydrogen-bond acceptors (Lipinski definition) is 3. The van der Waals surface area contributed by atoms with Gasteiger partial charge in [-0.25, -0.2) is 0 Å². The Morgan fingerprint density at radius 1 is 1.32 bits per heavy atom. The van der Waals surface area contributed by atoms with Crippen LogP contribution in [0.5, 0.6) is 5.75 Å². The normalized spacial score (nSPS) is 12.2. The predicted octanol–water partition coefficient (Wildman–Crippen LogP) is 2.01. The second kappa shape index (κ2) is 7.14. The molecular weight excluding hydrogens is 240 g/mol. The first-order valence-corrected chi connectivity index (χ1v) is 6.75. The number of benzene rings is 1. The van der Waals surface area contributed by atoms with Crippen molar-refractivity contribution in [3.05, 3.63) is 28.8 Å². The maximum Gasteiger partial charge on any atom is 0.236 e. The molecule has 0 saturated carbocycles. The first-order valence-electron chi connectivity index (χ1n) is 6.75. The zero-order valence-corrected chi connectivity index (χ0v) is 12.2. The quantitative estimate of drug-likeness (QED) is 0.736. The lowest BCUT2D eigenvalue weighted by atomic mass is 10.1. The second-order valence-corrected chi connectivity index (χ2v) is 4.97. The van der Waals surface area contributed by atoms with Crippen molar-refractivity contribution < 1.29 is 9.90 Å². The number of rotatable bonds is 6. The molecule has 0 aliphatic carbocycles. The molecule has 1 aromatic carbocycles. The lowest BCUT2D eigenvalue weighted by Crippen LogP contribution is -2.42. The SMILES string of the molecule is CCCNC(=O)C(C)NCc1cc(C)c(O)c(C)c1. The molecule has 0 spiro atoms. The number of phenols is 1. The summed E-state index contributed by atoms with van der Waals surface area (Å²) in [6, 6.07) is 3.65. The van der Waals surface area contributed by atoms with Crippen LogP contribution >= 0.6 is 0 Å². The summed E-state index contributed by atoms with van der Waals surface area (Å²) < 4.78 is 0. The van der Waals surface area contributed by atoms with E-state index >= 15 is 0 Å². The molecule has 3 N–H and O–H groups in total. The molecule has 0 radical (unpaired) electrons. The van der Waals surface area contributed by atoms with Gasteiger partial charge in [0, 0.05) is 13.1 Å². The van der Waals surface area contributed by atoms with Crippen LogP contribution in [-0.2, 0) is 11.3 Å². The van der Waals surface area contributed by atoms with Crippen LogP contribution in [0.2, 0.25) is 0 Å². The molecule has 1 aromatic rings. The number of nitrogens with one attached hydrogen (secondary N) is 2. The number of hydrogen-bond donors (Lipinski definition) is 3. The van der Waals surface area contributed by atoms with Crippen LogP contribution in [0, 0.1) is 13.8 Å². The highest BCUT2D eigenvalue weighted by atomic mass is 16.3. The lowest BCUT2D eigenvalue weighted by molar-refractivity contribution is -0.122. The van der Waals surface area contributed by atoms with Crippen molar-refractivity contribution in [2.75, 3.05) is 6.54 Å². The van der Waals surface area contributed by atoms with E-state index in [-0.39, 0.29) is 11.9 Å². The molecule has 0 aliphatic heterocycles. The minimum atomic E-state index is -0.221. The van der Waals surface area contributed by atoms with Gasteiger partial charge in [0.15, 0.2) is 0 Å². The molecule has 106 valence electrons.